The first-order chi connectivity index (χ1) is 39.1. The van der Waals surface area contributed by atoms with Crippen molar-refractivity contribution in [2.75, 3.05) is 49.4 Å². The summed E-state index contributed by atoms with van der Waals surface area (Å²) in [6.07, 6.45) is 11.4. The molecule has 8 bridgehead atoms. The molecule has 4 aromatic carbocycles. The molecule has 0 atom stereocenters. The van der Waals surface area contributed by atoms with Gasteiger partial charge < -0.3 is 28.9 Å². The lowest BCUT2D eigenvalue weighted by molar-refractivity contribution is -0.141. The number of carbonyl (C=O) groups is 4. The van der Waals surface area contributed by atoms with E-state index in [4.69, 9.17) is 48.9 Å². The third-order valence-electron chi connectivity index (χ3n) is 13.2. The quantitative estimate of drug-likeness (QED) is 0.0202. The predicted octanol–water partition coefficient (Wildman–Crippen LogP) is 14.2. The molecule has 2 aliphatic heterocycles. The van der Waals surface area contributed by atoms with Crippen molar-refractivity contribution >= 4 is 115 Å². The van der Waals surface area contributed by atoms with Crippen LogP contribution in [0.4, 0.5) is 0 Å². The number of rotatable bonds is 28. The molecule has 0 unspecified atom stereocenters. The number of nitrogens with one attached hydrogen (secondary N) is 2. The summed E-state index contributed by atoms with van der Waals surface area (Å²) in [6.45, 7) is 10.0. The van der Waals surface area contributed by atoms with E-state index >= 15 is 0 Å². The van der Waals surface area contributed by atoms with Crippen LogP contribution in [0.1, 0.15) is 105 Å². The van der Waals surface area contributed by atoms with Crippen molar-refractivity contribution in [2.24, 2.45) is 0 Å². The molecule has 2 aliphatic rings. The maximum atomic E-state index is 12.8. The monoisotopic (exact) mass is 1150 g/mol. The van der Waals surface area contributed by atoms with Crippen LogP contribution in [0, 0.1) is 0 Å². The summed E-state index contributed by atoms with van der Waals surface area (Å²) >= 11 is 5.52. The first-order valence-corrected chi connectivity index (χ1v) is 31.6. The Kier molecular flexibility index (Phi) is 20.9. The van der Waals surface area contributed by atoms with Crippen molar-refractivity contribution in [3.05, 3.63) is 72.8 Å². The van der Waals surface area contributed by atoms with E-state index in [1.54, 1.807) is 0 Å². The summed E-state index contributed by atoms with van der Waals surface area (Å²) in [5.74, 6) is 0.982. The smallest absolute Gasteiger partial charge is 0.316 e. The Hall–Kier alpha value is -6.48. The zero-order valence-electron chi connectivity index (χ0n) is 45.7. The number of esters is 4. The molecule has 20 heteroatoms. The van der Waals surface area contributed by atoms with Crippen molar-refractivity contribution in [1.82, 2.24) is 39.9 Å². The third kappa shape index (κ3) is 15.1. The molecule has 16 nitrogen and oxygen atoms in total. The van der Waals surface area contributed by atoms with Gasteiger partial charge in [0.1, 0.15) is 22.6 Å². The molecule has 80 heavy (non-hydrogen) atoms. The van der Waals surface area contributed by atoms with Gasteiger partial charge in [-0.1, -0.05) is 79.1 Å². The lowest BCUT2D eigenvalue weighted by Gasteiger charge is -2.06. The molecule has 0 fully saturated rings. The Bertz CT molecular complexity index is 3320. The molecule has 3 aromatic heterocycles. The highest BCUT2D eigenvalue weighted by Crippen LogP contribution is 2.41. The molecular weight excluding hydrogens is 1090 g/mol. The first kappa shape index (κ1) is 58.2. The van der Waals surface area contributed by atoms with E-state index in [1.165, 1.54) is 47.0 Å². The number of nitrogens with zero attached hydrogens (tertiary/aromatic N) is 6. The van der Waals surface area contributed by atoms with Gasteiger partial charge in [0.2, 0.25) is 0 Å². The number of carbonyl (C=O) groups excluding carboxylic acids is 4. The van der Waals surface area contributed by atoms with E-state index in [0.717, 1.165) is 129 Å². The molecule has 5 heterocycles. The third-order valence-corrected chi connectivity index (χ3v) is 17.1. The average molecular weight is 1160 g/mol. The molecular formula is C60H66N8O8S4. The van der Waals surface area contributed by atoms with E-state index in [1.807, 2.05) is 72.8 Å². The summed E-state index contributed by atoms with van der Waals surface area (Å²) in [5.41, 5.74) is 4.78. The van der Waals surface area contributed by atoms with Gasteiger partial charge >= 0.3 is 23.9 Å². The summed E-state index contributed by atoms with van der Waals surface area (Å²) in [6, 6.07) is 23.5. The predicted molar refractivity (Wildman–Crippen MR) is 321 cm³/mol. The van der Waals surface area contributed by atoms with Gasteiger partial charge in [0, 0.05) is 63.4 Å². The average Bonchev–Trinajstić information content (AvgIpc) is 4.32. The van der Waals surface area contributed by atoms with E-state index in [0.29, 0.717) is 83.4 Å². The van der Waals surface area contributed by atoms with Crippen LogP contribution in [-0.4, -0.2) is 113 Å². The maximum Gasteiger partial charge on any atom is 0.316 e. The second-order valence-corrected chi connectivity index (χ2v) is 23.5. The molecule has 418 valence electrons. The zero-order valence-corrected chi connectivity index (χ0v) is 48.9. The highest BCUT2D eigenvalue weighted by Gasteiger charge is 2.24. The number of H-pyrrole nitrogens is 2. The van der Waals surface area contributed by atoms with Crippen molar-refractivity contribution in [3.63, 3.8) is 0 Å². The van der Waals surface area contributed by atoms with Crippen molar-refractivity contribution in [1.29, 1.82) is 0 Å². The molecule has 0 radical (unpaired) electrons. The SMILES string of the molecule is CCCCCOC(=O)CSc1ccc2c(c1)-c1nc-2nc2[nH]c(nc3nc(nc4[nH]c(n1)c1ccc(SCC(=O)OCCCCC)cc41)-c1ccc(SCC(=O)OCCCCC)cc1-3)c1ccc(SCC(=O)OCCCCC)cc21. The van der Waals surface area contributed by atoms with Crippen molar-refractivity contribution < 1.29 is 38.1 Å². The number of aromatic amines is 2. The second-order valence-electron chi connectivity index (χ2n) is 19.3. The van der Waals surface area contributed by atoms with Gasteiger partial charge in [0.15, 0.2) is 23.3 Å². The minimum Gasteiger partial charge on any atom is -0.465 e. The Labute approximate surface area is 482 Å². The molecule has 0 aliphatic carbocycles. The fourth-order valence-electron chi connectivity index (χ4n) is 8.96. The van der Waals surface area contributed by atoms with E-state index in [9.17, 15) is 19.2 Å². The summed E-state index contributed by atoms with van der Waals surface area (Å²) < 4.78 is 22.1. The van der Waals surface area contributed by atoms with Gasteiger partial charge in [-0.3, -0.25) is 19.2 Å². The normalized spacial score (nSPS) is 11.7. The number of ether oxygens (including phenoxy) is 4. The first-order valence-electron chi connectivity index (χ1n) is 27.6. The van der Waals surface area contributed by atoms with Crippen LogP contribution in [0.25, 0.3) is 89.7 Å². The number of hydrogen-bond acceptors (Lipinski definition) is 18. The van der Waals surface area contributed by atoms with Crippen LogP contribution in [0.3, 0.4) is 0 Å². The van der Waals surface area contributed by atoms with E-state index < -0.39 is 0 Å². The Balaban J connectivity index is 1.19. The second kappa shape index (κ2) is 28.8. The van der Waals surface area contributed by atoms with Crippen molar-refractivity contribution in [3.8, 4) is 45.6 Å². The summed E-state index contributed by atoms with van der Waals surface area (Å²) in [5, 5.41) is 2.98. The van der Waals surface area contributed by atoms with Crippen LogP contribution in [0.15, 0.2) is 92.4 Å². The van der Waals surface area contributed by atoms with E-state index in [2.05, 4.69) is 37.7 Å². The molecule has 0 spiro atoms. The fourth-order valence-corrected chi connectivity index (χ4v) is 11.9. The highest BCUT2D eigenvalue weighted by molar-refractivity contribution is 8.00. The van der Waals surface area contributed by atoms with Gasteiger partial charge in [-0.25, -0.2) is 29.9 Å². The Morgan fingerprint density at radius 3 is 0.963 bits per heavy atom. The fraction of sp³-hybridized carbons (Fsp3) is 0.400. The molecule has 7 aromatic rings. The van der Waals surface area contributed by atoms with Crippen LogP contribution in [0.2, 0.25) is 0 Å². The molecule has 9 rings (SSSR count). The van der Waals surface area contributed by atoms with E-state index in [-0.39, 0.29) is 46.9 Å². The number of fused-ring (bicyclic) bond motifs is 20. The maximum absolute atomic E-state index is 12.8. The number of hydrogen-bond donors (Lipinski definition) is 2. The van der Waals surface area contributed by atoms with Crippen LogP contribution >= 0.6 is 47.0 Å². The number of aromatic nitrogens is 8. The van der Waals surface area contributed by atoms with Gasteiger partial charge in [-0.15, -0.1) is 47.0 Å². The molecule has 2 N–H and O–H groups in total. The number of unbranched alkanes of at least 4 members (excludes halogenated alkanes) is 8. The molecule has 0 amide bonds. The van der Waals surface area contributed by atoms with Gasteiger partial charge in [-0.2, -0.15) is 0 Å². The van der Waals surface area contributed by atoms with Gasteiger partial charge in [0.05, 0.1) is 49.4 Å². The summed E-state index contributed by atoms with van der Waals surface area (Å²) in [7, 11) is 0. The number of benzene rings is 4. The Morgan fingerprint density at radius 1 is 0.350 bits per heavy atom. The lowest BCUT2D eigenvalue weighted by Crippen LogP contribution is -2.08. The summed E-state index contributed by atoms with van der Waals surface area (Å²) in [4.78, 5) is 93.0. The zero-order chi connectivity index (χ0) is 55.8. The molecule has 0 saturated carbocycles. The topological polar surface area (TPSA) is 214 Å². The van der Waals surface area contributed by atoms with Crippen LogP contribution < -0.4 is 0 Å². The largest absolute Gasteiger partial charge is 0.465 e. The lowest BCUT2D eigenvalue weighted by atomic mass is 10.1. The molecule has 0 saturated heterocycles. The number of thioether (sulfide) groups is 4. The minimum atomic E-state index is -0.282. The standard InChI is InChI=1S/C60H66N8O8S4/c1-5-9-13-25-73-49(69)33-77-37-17-21-41-45(29-37)57-61-53(41)66-58-47-31-39(79-35-51(71)75-27-15-11-7-3)19-23-43(47)55(63-58)68-60-48-32-40(80-36-52(72)76-28-16-12-8-4)20-24-44(48)56(64-60)67-59-46-30-38(18-22-42(46)54(62-59)65-57)78-34-50(70)74-26-14-10-6-2/h17-24,29-32H,5-16,25-28,33-36H2,1-4H3,(H2,61,62,63,64,65,66,67,68). The van der Waals surface area contributed by atoms with Crippen molar-refractivity contribution in [2.45, 2.75) is 124 Å². The Morgan fingerprint density at radius 2 is 0.637 bits per heavy atom. The van der Waals surface area contributed by atoms with Gasteiger partial charge in [0.25, 0.3) is 0 Å². The van der Waals surface area contributed by atoms with Crippen LogP contribution in [0.5, 0.6) is 0 Å². The van der Waals surface area contributed by atoms with Gasteiger partial charge in [-0.05, 0) is 98.5 Å². The van der Waals surface area contributed by atoms with Crippen LogP contribution in [-0.2, 0) is 38.1 Å². The minimum absolute atomic E-state index is 0.135. The highest BCUT2D eigenvalue weighted by atomic mass is 32.2.